The summed E-state index contributed by atoms with van der Waals surface area (Å²) in [6.45, 7) is 2.11. The molecule has 0 amide bonds. The van der Waals surface area contributed by atoms with Crippen LogP contribution in [0.4, 0.5) is 0 Å². The van der Waals surface area contributed by atoms with Crippen molar-refractivity contribution in [2.24, 2.45) is 0 Å². The highest BCUT2D eigenvalue weighted by Crippen LogP contribution is 2.26. The van der Waals surface area contributed by atoms with Crippen molar-refractivity contribution < 1.29 is 0 Å². The van der Waals surface area contributed by atoms with Gasteiger partial charge in [-0.3, -0.25) is 0 Å². The number of halogens is 1. The molecule has 17 heavy (non-hydrogen) atoms. The van der Waals surface area contributed by atoms with Crippen LogP contribution in [-0.2, 0) is 6.42 Å². The molecule has 0 aromatic heterocycles. The fraction of sp³-hybridized carbons (Fsp3) is 0.133. The highest BCUT2D eigenvalue weighted by Gasteiger charge is 2.04. The molecule has 0 radical (unpaired) electrons. The molecule has 0 aliphatic carbocycles. The monoisotopic (exact) mass is 285 g/mol. The Morgan fingerprint density at radius 3 is 2.41 bits per heavy atom. The molecule has 0 unspecified atom stereocenters. The van der Waals surface area contributed by atoms with Crippen LogP contribution in [0.2, 0.25) is 0 Å². The lowest BCUT2D eigenvalue weighted by Gasteiger charge is -2.08. The van der Waals surface area contributed by atoms with E-state index in [0.717, 1.165) is 16.5 Å². The van der Waals surface area contributed by atoms with Gasteiger partial charge in [-0.1, -0.05) is 41.1 Å². The molecule has 0 atom stereocenters. The molecule has 0 saturated carbocycles. The third-order valence-electron chi connectivity index (χ3n) is 2.77. The Hall–Kier alpha value is -1.59. The van der Waals surface area contributed by atoms with E-state index in [1.807, 2.05) is 30.3 Å². The lowest BCUT2D eigenvalue weighted by molar-refractivity contribution is 1.14. The van der Waals surface area contributed by atoms with E-state index in [4.69, 9.17) is 5.26 Å². The summed E-state index contributed by atoms with van der Waals surface area (Å²) >= 11 is 3.43. The third-order valence-corrected chi connectivity index (χ3v) is 3.30. The van der Waals surface area contributed by atoms with Crippen molar-refractivity contribution in [3.8, 4) is 17.2 Å². The van der Waals surface area contributed by atoms with Gasteiger partial charge in [0, 0.05) is 4.47 Å². The topological polar surface area (TPSA) is 23.8 Å². The van der Waals surface area contributed by atoms with Gasteiger partial charge in [0.1, 0.15) is 0 Å². The van der Waals surface area contributed by atoms with Crippen LogP contribution in [0.25, 0.3) is 11.1 Å². The van der Waals surface area contributed by atoms with Crippen LogP contribution in [-0.4, -0.2) is 0 Å². The van der Waals surface area contributed by atoms with E-state index in [9.17, 15) is 0 Å². The lowest BCUT2D eigenvalue weighted by Crippen LogP contribution is -1.89. The maximum absolute atomic E-state index is 8.90. The SMILES string of the molecule is CCc1cc(C#N)ccc1-c1ccc(Br)cc1. The minimum absolute atomic E-state index is 0.725. The normalized spacial score (nSPS) is 9.94. The lowest BCUT2D eigenvalue weighted by atomic mass is 9.96. The predicted octanol–water partition coefficient (Wildman–Crippen LogP) is 4.55. The maximum Gasteiger partial charge on any atom is 0.0991 e. The van der Waals surface area contributed by atoms with Crippen molar-refractivity contribution in [3.05, 3.63) is 58.1 Å². The number of hydrogen-bond donors (Lipinski definition) is 0. The van der Waals surface area contributed by atoms with Gasteiger partial charge in [0.2, 0.25) is 0 Å². The summed E-state index contributed by atoms with van der Waals surface area (Å²) in [5.74, 6) is 0. The minimum Gasteiger partial charge on any atom is -0.192 e. The second kappa shape index (κ2) is 5.16. The quantitative estimate of drug-likeness (QED) is 0.794. The molecule has 0 spiro atoms. The van der Waals surface area contributed by atoms with Gasteiger partial charge in [-0.2, -0.15) is 5.26 Å². The number of aryl methyl sites for hydroxylation is 1. The third kappa shape index (κ3) is 2.57. The van der Waals surface area contributed by atoms with Crippen LogP contribution < -0.4 is 0 Å². The Morgan fingerprint density at radius 1 is 1.12 bits per heavy atom. The smallest absolute Gasteiger partial charge is 0.0991 e. The molecule has 0 bridgehead atoms. The molecular weight excluding hydrogens is 274 g/mol. The Labute approximate surface area is 110 Å². The van der Waals surface area contributed by atoms with Crippen molar-refractivity contribution in [1.82, 2.24) is 0 Å². The van der Waals surface area contributed by atoms with Gasteiger partial charge in [0.25, 0.3) is 0 Å². The van der Waals surface area contributed by atoms with Gasteiger partial charge in [0.05, 0.1) is 11.6 Å². The van der Waals surface area contributed by atoms with Crippen LogP contribution in [0, 0.1) is 11.3 Å². The Kier molecular flexibility index (Phi) is 3.61. The van der Waals surface area contributed by atoms with Gasteiger partial charge in [-0.05, 0) is 47.4 Å². The zero-order chi connectivity index (χ0) is 12.3. The summed E-state index contributed by atoms with van der Waals surface area (Å²) < 4.78 is 1.08. The molecule has 2 rings (SSSR count). The molecule has 2 heteroatoms. The molecule has 0 heterocycles. The zero-order valence-electron chi connectivity index (χ0n) is 9.57. The molecule has 1 nitrogen and oxygen atoms in total. The summed E-state index contributed by atoms with van der Waals surface area (Å²) in [7, 11) is 0. The van der Waals surface area contributed by atoms with Crippen LogP contribution >= 0.6 is 15.9 Å². The summed E-state index contributed by atoms with van der Waals surface area (Å²) in [4.78, 5) is 0. The van der Waals surface area contributed by atoms with Crippen molar-refractivity contribution in [2.45, 2.75) is 13.3 Å². The number of hydrogen-bond acceptors (Lipinski definition) is 1. The van der Waals surface area contributed by atoms with Crippen molar-refractivity contribution in [2.75, 3.05) is 0 Å². The van der Waals surface area contributed by atoms with E-state index < -0.39 is 0 Å². The van der Waals surface area contributed by atoms with Crippen LogP contribution in [0.3, 0.4) is 0 Å². The van der Waals surface area contributed by atoms with Crippen molar-refractivity contribution >= 4 is 15.9 Å². The van der Waals surface area contributed by atoms with Gasteiger partial charge in [-0.25, -0.2) is 0 Å². The average Bonchev–Trinajstić information content (AvgIpc) is 2.39. The van der Waals surface area contributed by atoms with Crippen LogP contribution in [0.15, 0.2) is 46.9 Å². The first-order chi connectivity index (χ1) is 8.24. The van der Waals surface area contributed by atoms with Gasteiger partial charge < -0.3 is 0 Å². The summed E-state index contributed by atoms with van der Waals surface area (Å²) in [6, 6.07) is 16.3. The standard InChI is InChI=1S/C15H12BrN/c1-2-12-9-11(10-17)3-8-15(12)13-4-6-14(16)7-5-13/h3-9H,2H2,1H3. The van der Waals surface area contributed by atoms with E-state index in [2.05, 4.69) is 41.1 Å². The van der Waals surface area contributed by atoms with Gasteiger partial charge >= 0.3 is 0 Å². The summed E-state index contributed by atoms with van der Waals surface area (Å²) in [5, 5.41) is 8.90. The summed E-state index contributed by atoms with van der Waals surface area (Å²) in [5.41, 5.74) is 4.34. The largest absolute Gasteiger partial charge is 0.192 e. The first-order valence-corrected chi connectivity index (χ1v) is 6.33. The fourth-order valence-corrected chi connectivity index (χ4v) is 2.13. The second-order valence-corrected chi connectivity index (χ2v) is 4.76. The Balaban J connectivity index is 2.52. The van der Waals surface area contributed by atoms with Crippen molar-refractivity contribution in [3.63, 3.8) is 0 Å². The highest BCUT2D eigenvalue weighted by molar-refractivity contribution is 9.10. The number of benzene rings is 2. The Bertz CT molecular complexity index is 564. The highest BCUT2D eigenvalue weighted by atomic mass is 79.9. The first-order valence-electron chi connectivity index (χ1n) is 5.53. The number of nitriles is 1. The van der Waals surface area contributed by atoms with Gasteiger partial charge in [-0.15, -0.1) is 0 Å². The molecule has 0 N–H and O–H groups in total. The predicted molar refractivity (Wildman–Crippen MR) is 73.7 cm³/mol. The molecule has 84 valence electrons. The molecule has 2 aromatic rings. The summed E-state index contributed by atoms with van der Waals surface area (Å²) in [6.07, 6.45) is 0.931. The van der Waals surface area contributed by atoms with Crippen molar-refractivity contribution in [1.29, 1.82) is 5.26 Å². The first kappa shape index (κ1) is 11.9. The van der Waals surface area contributed by atoms with E-state index in [-0.39, 0.29) is 0 Å². The Morgan fingerprint density at radius 2 is 1.82 bits per heavy atom. The molecule has 2 aromatic carbocycles. The van der Waals surface area contributed by atoms with E-state index in [1.165, 1.54) is 16.7 Å². The van der Waals surface area contributed by atoms with Crippen LogP contribution in [0.5, 0.6) is 0 Å². The second-order valence-electron chi connectivity index (χ2n) is 3.84. The zero-order valence-corrected chi connectivity index (χ0v) is 11.2. The number of rotatable bonds is 2. The van der Waals surface area contributed by atoms with Crippen LogP contribution in [0.1, 0.15) is 18.1 Å². The molecule has 0 saturated heterocycles. The molecule has 0 aliphatic heterocycles. The maximum atomic E-state index is 8.90. The molecule has 0 fully saturated rings. The van der Waals surface area contributed by atoms with Gasteiger partial charge in [0.15, 0.2) is 0 Å². The minimum atomic E-state index is 0.725. The fourth-order valence-electron chi connectivity index (χ4n) is 1.87. The van der Waals surface area contributed by atoms with E-state index >= 15 is 0 Å². The molecular formula is C15H12BrN. The molecule has 0 aliphatic rings. The van der Waals surface area contributed by atoms with E-state index in [1.54, 1.807) is 0 Å². The number of nitrogens with zero attached hydrogens (tertiary/aromatic N) is 1. The average molecular weight is 286 g/mol. The van der Waals surface area contributed by atoms with E-state index in [0.29, 0.717) is 0 Å².